The first kappa shape index (κ1) is 27.7. The third-order valence-corrected chi connectivity index (χ3v) is 9.34. The molecule has 2 fully saturated rings. The van der Waals surface area contributed by atoms with Crippen molar-refractivity contribution in [1.29, 1.82) is 0 Å². The first-order chi connectivity index (χ1) is 19.2. The molecule has 0 aliphatic carbocycles. The molecular weight excluding hydrogens is 526 g/mol. The number of thioether (sulfide) groups is 1. The van der Waals surface area contributed by atoms with Gasteiger partial charge in [-0.25, -0.2) is 0 Å². The zero-order valence-electron chi connectivity index (χ0n) is 22.5. The minimum Gasteiger partial charge on any atom is -0.508 e. The molecule has 4 atom stereocenters. The first-order valence-electron chi connectivity index (χ1n) is 13.3. The lowest BCUT2D eigenvalue weighted by Crippen LogP contribution is -2.74. The van der Waals surface area contributed by atoms with Gasteiger partial charge in [-0.15, -0.1) is 11.8 Å². The number of nitrogens with zero attached hydrogens (tertiary/aromatic N) is 2. The first-order valence-corrected chi connectivity index (χ1v) is 14.3. The lowest BCUT2D eigenvalue weighted by Gasteiger charge is -2.52. The number of amides is 3. The highest BCUT2D eigenvalue weighted by Gasteiger charge is 2.65. The van der Waals surface area contributed by atoms with E-state index in [4.69, 9.17) is 0 Å². The molecule has 5 rings (SSSR count). The molecule has 0 saturated carbocycles. The Kier molecular flexibility index (Phi) is 7.87. The molecule has 3 N–H and O–H groups in total. The number of carbonyl (C=O) groups excluding carboxylic acids is 3. The Balaban J connectivity index is 1.32. The quantitative estimate of drug-likeness (QED) is 0.348. The van der Waals surface area contributed by atoms with Crippen molar-refractivity contribution >= 4 is 29.5 Å². The van der Waals surface area contributed by atoms with Crippen LogP contribution >= 0.6 is 11.8 Å². The summed E-state index contributed by atoms with van der Waals surface area (Å²) in [7, 11) is 0. The number of fused-ring (bicyclic) bond motifs is 1. The molecule has 9 heteroatoms. The SMILES string of the molecule is Cc1c(O)cccc1C(=O)N[C@@H](Cc1ccccc1)[C@H](O)C(=O)N1CSC2(C)[C@H]1C(=O)N2CCc1ccccc1. The second-order valence-corrected chi connectivity index (χ2v) is 11.8. The van der Waals surface area contributed by atoms with E-state index < -0.39 is 34.9 Å². The van der Waals surface area contributed by atoms with Gasteiger partial charge in [0.05, 0.1) is 11.9 Å². The van der Waals surface area contributed by atoms with Crippen LogP contribution in [0.4, 0.5) is 0 Å². The summed E-state index contributed by atoms with van der Waals surface area (Å²) in [5.74, 6) is -0.983. The van der Waals surface area contributed by atoms with Crippen LogP contribution in [0.2, 0.25) is 0 Å². The standard InChI is InChI=1S/C31H33N3O5S/c1-20-23(14-9-15-25(20)35)28(37)32-24(18-22-12-7-4-8-13-22)26(36)29(38)33-19-40-31(2)27(33)30(39)34(31)17-16-21-10-5-3-6-11-21/h3-15,24,26-27,35-36H,16-19H2,1-2H3,(H,32,37)/t24-,26-,27+,31?/m0/s1. The van der Waals surface area contributed by atoms with Crippen molar-refractivity contribution in [2.45, 2.75) is 49.7 Å². The minimum atomic E-state index is -1.57. The molecule has 1 unspecified atom stereocenters. The molecule has 40 heavy (non-hydrogen) atoms. The lowest BCUT2D eigenvalue weighted by molar-refractivity contribution is -0.167. The number of aromatic hydroxyl groups is 1. The van der Waals surface area contributed by atoms with E-state index in [0.717, 1.165) is 11.1 Å². The fraction of sp³-hybridized carbons (Fsp3) is 0.323. The Morgan fingerprint density at radius 1 is 1.02 bits per heavy atom. The van der Waals surface area contributed by atoms with Crippen LogP contribution in [0.25, 0.3) is 0 Å². The predicted octanol–water partition coefficient (Wildman–Crippen LogP) is 3.11. The highest BCUT2D eigenvalue weighted by Crippen LogP contribution is 2.50. The number of carbonyl (C=O) groups is 3. The maximum atomic E-state index is 13.7. The number of rotatable bonds is 9. The topological polar surface area (TPSA) is 110 Å². The molecule has 8 nitrogen and oxygen atoms in total. The fourth-order valence-corrected chi connectivity index (χ4v) is 6.91. The van der Waals surface area contributed by atoms with Crippen LogP contribution in [0.15, 0.2) is 78.9 Å². The number of aliphatic hydroxyl groups excluding tert-OH is 1. The van der Waals surface area contributed by atoms with E-state index >= 15 is 0 Å². The van der Waals surface area contributed by atoms with E-state index in [0.29, 0.717) is 18.5 Å². The van der Waals surface area contributed by atoms with Crippen LogP contribution in [0.5, 0.6) is 5.75 Å². The summed E-state index contributed by atoms with van der Waals surface area (Å²) in [6.45, 7) is 4.14. The number of aliphatic hydroxyl groups is 1. The molecule has 2 saturated heterocycles. The molecule has 208 valence electrons. The molecule has 2 aliphatic rings. The summed E-state index contributed by atoms with van der Waals surface area (Å²) < 4.78 is 0. The second kappa shape index (κ2) is 11.3. The van der Waals surface area contributed by atoms with Gasteiger partial charge in [-0.1, -0.05) is 66.7 Å². The van der Waals surface area contributed by atoms with Gasteiger partial charge in [0.2, 0.25) is 5.91 Å². The minimum absolute atomic E-state index is 0.0161. The molecule has 3 aromatic rings. The van der Waals surface area contributed by atoms with Crippen molar-refractivity contribution in [1.82, 2.24) is 15.1 Å². The predicted molar refractivity (Wildman–Crippen MR) is 154 cm³/mol. The molecule has 0 spiro atoms. The third-order valence-electron chi connectivity index (χ3n) is 7.90. The summed E-state index contributed by atoms with van der Waals surface area (Å²) >= 11 is 1.51. The molecule has 3 aromatic carbocycles. The third kappa shape index (κ3) is 5.19. The Labute approximate surface area is 238 Å². The Morgan fingerprint density at radius 3 is 2.35 bits per heavy atom. The molecular formula is C31H33N3O5S. The highest BCUT2D eigenvalue weighted by atomic mass is 32.2. The molecule has 0 bridgehead atoms. The smallest absolute Gasteiger partial charge is 0.255 e. The summed E-state index contributed by atoms with van der Waals surface area (Å²) in [6, 6.07) is 22.2. The van der Waals surface area contributed by atoms with Crippen LogP contribution in [0.1, 0.15) is 34.0 Å². The van der Waals surface area contributed by atoms with Gasteiger partial charge in [0.1, 0.15) is 16.7 Å². The van der Waals surface area contributed by atoms with E-state index in [2.05, 4.69) is 5.32 Å². The highest BCUT2D eigenvalue weighted by molar-refractivity contribution is 8.01. The molecule has 2 heterocycles. The largest absolute Gasteiger partial charge is 0.508 e. The second-order valence-electron chi connectivity index (χ2n) is 10.4. The van der Waals surface area contributed by atoms with Crippen molar-refractivity contribution in [3.05, 3.63) is 101 Å². The molecule has 2 aliphatic heterocycles. The maximum Gasteiger partial charge on any atom is 0.255 e. The summed E-state index contributed by atoms with van der Waals surface area (Å²) in [5.41, 5.74) is 2.63. The lowest BCUT2D eigenvalue weighted by atomic mass is 9.92. The average molecular weight is 560 g/mol. The maximum absolute atomic E-state index is 13.7. The van der Waals surface area contributed by atoms with E-state index in [1.165, 1.54) is 22.7 Å². The van der Waals surface area contributed by atoms with Gasteiger partial charge in [-0.2, -0.15) is 0 Å². The zero-order valence-corrected chi connectivity index (χ0v) is 23.3. The van der Waals surface area contributed by atoms with Crippen LogP contribution < -0.4 is 5.32 Å². The van der Waals surface area contributed by atoms with Crippen LogP contribution in [0, 0.1) is 6.92 Å². The van der Waals surface area contributed by atoms with Gasteiger partial charge >= 0.3 is 0 Å². The Bertz CT molecular complexity index is 1400. The van der Waals surface area contributed by atoms with E-state index in [1.807, 2.05) is 72.5 Å². The Morgan fingerprint density at radius 2 is 1.68 bits per heavy atom. The molecule has 3 amide bonds. The molecule has 0 radical (unpaired) electrons. The summed E-state index contributed by atoms with van der Waals surface area (Å²) in [6.07, 6.45) is -0.654. The Hall–Kier alpha value is -3.82. The number of benzene rings is 3. The van der Waals surface area contributed by atoms with Crippen LogP contribution in [-0.4, -0.2) is 73.2 Å². The van der Waals surface area contributed by atoms with Crippen LogP contribution in [-0.2, 0) is 22.4 Å². The number of hydrogen-bond donors (Lipinski definition) is 3. The fourth-order valence-electron chi connectivity index (χ4n) is 5.51. The van der Waals surface area contributed by atoms with Crippen molar-refractivity contribution in [2.24, 2.45) is 0 Å². The van der Waals surface area contributed by atoms with Gasteiger partial charge in [-0.3, -0.25) is 14.4 Å². The monoisotopic (exact) mass is 559 g/mol. The average Bonchev–Trinajstić information content (AvgIpc) is 3.27. The molecule has 0 aromatic heterocycles. The number of likely N-dealkylation sites (tertiary alicyclic amines) is 1. The van der Waals surface area contributed by atoms with E-state index in [1.54, 1.807) is 19.1 Å². The number of phenols is 1. The van der Waals surface area contributed by atoms with Crippen molar-refractivity contribution in [3.63, 3.8) is 0 Å². The van der Waals surface area contributed by atoms with Crippen LogP contribution in [0.3, 0.4) is 0 Å². The van der Waals surface area contributed by atoms with Gasteiger partial charge in [-0.05, 0) is 49.9 Å². The van der Waals surface area contributed by atoms with Crippen molar-refractivity contribution in [3.8, 4) is 5.75 Å². The van der Waals surface area contributed by atoms with E-state index in [9.17, 15) is 24.6 Å². The summed E-state index contributed by atoms with van der Waals surface area (Å²) in [4.78, 5) is 42.8. The number of hydrogen-bond acceptors (Lipinski definition) is 6. The number of nitrogens with one attached hydrogen (secondary N) is 1. The number of phenolic OH excluding ortho intramolecular Hbond substituents is 1. The zero-order chi connectivity index (χ0) is 28.4. The summed E-state index contributed by atoms with van der Waals surface area (Å²) in [5, 5.41) is 24.2. The van der Waals surface area contributed by atoms with Gasteiger partial charge in [0.15, 0.2) is 6.10 Å². The van der Waals surface area contributed by atoms with Gasteiger partial charge < -0.3 is 25.3 Å². The number of β-lactam (4-membered cyclic amide) rings is 1. The normalized spacial score (nSPS) is 21.4. The van der Waals surface area contributed by atoms with Crippen molar-refractivity contribution < 1.29 is 24.6 Å². The van der Waals surface area contributed by atoms with Gasteiger partial charge in [0.25, 0.3) is 11.8 Å². The van der Waals surface area contributed by atoms with E-state index in [-0.39, 0.29) is 29.5 Å². The van der Waals surface area contributed by atoms with Crippen molar-refractivity contribution in [2.75, 3.05) is 12.4 Å². The van der Waals surface area contributed by atoms with Gasteiger partial charge in [0, 0.05) is 17.7 Å².